The van der Waals surface area contributed by atoms with Crippen molar-refractivity contribution in [2.75, 3.05) is 5.32 Å². The zero-order valence-electron chi connectivity index (χ0n) is 18.2. The summed E-state index contributed by atoms with van der Waals surface area (Å²) in [5.74, 6) is -0.887. The van der Waals surface area contributed by atoms with Gasteiger partial charge in [-0.25, -0.2) is 4.68 Å². The molecule has 1 N–H and O–H groups in total. The average Bonchev–Trinajstić information content (AvgIpc) is 3.28. The molecular formula is C26H15Cl2F3N4O. The van der Waals surface area contributed by atoms with E-state index >= 15 is 0 Å². The van der Waals surface area contributed by atoms with E-state index < -0.39 is 22.7 Å². The second kappa shape index (κ2) is 10.3. The summed E-state index contributed by atoms with van der Waals surface area (Å²) in [6.45, 7) is 0. The topological polar surface area (TPSA) is 70.7 Å². The van der Waals surface area contributed by atoms with Gasteiger partial charge in [0.2, 0.25) is 0 Å². The molecule has 0 unspecified atom stereocenters. The van der Waals surface area contributed by atoms with E-state index in [1.807, 2.05) is 30.3 Å². The van der Waals surface area contributed by atoms with Crippen LogP contribution in [0.4, 0.5) is 18.9 Å². The Morgan fingerprint density at radius 3 is 2.36 bits per heavy atom. The van der Waals surface area contributed by atoms with Crippen molar-refractivity contribution in [2.45, 2.75) is 6.18 Å². The molecule has 0 atom stereocenters. The van der Waals surface area contributed by atoms with E-state index in [0.717, 1.165) is 11.8 Å². The van der Waals surface area contributed by atoms with Crippen LogP contribution < -0.4 is 5.32 Å². The summed E-state index contributed by atoms with van der Waals surface area (Å²) in [5.41, 5.74) is 0.763. The Hall–Kier alpha value is -4.06. The molecule has 3 aromatic carbocycles. The minimum absolute atomic E-state index is 0.157. The van der Waals surface area contributed by atoms with Gasteiger partial charge < -0.3 is 5.32 Å². The maximum absolute atomic E-state index is 13.2. The Morgan fingerprint density at radius 2 is 1.72 bits per heavy atom. The van der Waals surface area contributed by atoms with Crippen molar-refractivity contribution in [3.63, 3.8) is 0 Å². The van der Waals surface area contributed by atoms with Crippen LogP contribution in [-0.2, 0) is 11.0 Å². The molecule has 0 spiro atoms. The lowest BCUT2D eigenvalue weighted by atomic mass is 10.1. The fraction of sp³-hybridized carbons (Fsp3) is 0.0385. The summed E-state index contributed by atoms with van der Waals surface area (Å²) < 4.78 is 41.1. The van der Waals surface area contributed by atoms with Gasteiger partial charge in [0.05, 0.1) is 22.0 Å². The molecule has 180 valence electrons. The average molecular weight is 527 g/mol. The van der Waals surface area contributed by atoms with Gasteiger partial charge in [0.25, 0.3) is 5.91 Å². The normalized spacial score (nSPS) is 11.7. The van der Waals surface area contributed by atoms with Crippen molar-refractivity contribution in [1.29, 1.82) is 5.26 Å². The van der Waals surface area contributed by atoms with E-state index in [1.165, 1.54) is 12.1 Å². The molecule has 4 aromatic rings. The number of amides is 1. The van der Waals surface area contributed by atoms with Gasteiger partial charge in [-0.15, -0.1) is 0 Å². The smallest absolute Gasteiger partial charge is 0.321 e. The minimum Gasteiger partial charge on any atom is -0.321 e. The SMILES string of the molecule is N#C/C(=C\c1cn(-c2ccccc2)nc1-c1ccc(Cl)cc1)C(=O)Nc1ccc(Cl)c(C(F)(F)F)c1. The van der Waals surface area contributed by atoms with Crippen LogP contribution in [-0.4, -0.2) is 15.7 Å². The van der Waals surface area contributed by atoms with E-state index in [4.69, 9.17) is 23.2 Å². The third-order valence-electron chi connectivity index (χ3n) is 5.08. The maximum Gasteiger partial charge on any atom is 0.417 e. The van der Waals surface area contributed by atoms with Gasteiger partial charge in [0, 0.05) is 28.0 Å². The second-order valence-electron chi connectivity index (χ2n) is 7.54. The number of nitriles is 1. The lowest BCUT2D eigenvalue weighted by molar-refractivity contribution is -0.137. The lowest BCUT2D eigenvalue weighted by Crippen LogP contribution is -2.14. The summed E-state index contributed by atoms with van der Waals surface area (Å²) in [6, 6.07) is 20.8. The Morgan fingerprint density at radius 1 is 1.03 bits per heavy atom. The van der Waals surface area contributed by atoms with Crippen LogP contribution in [0.25, 0.3) is 23.0 Å². The quantitative estimate of drug-likeness (QED) is 0.217. The number of aromatic nitrogens is 2. The number of carbonyl (C=O) groups excluding carboxylic acids is 1. The number of para-hydroxylation sites is 1. The van der Waals surface area contributed by atoms with Gasteiger partial charge in [0.15, 0.2) is 0 Å². The Kier molecular flexibility index (Phi) is 7.15. The first-order chi connectivity index (χ1) is 17.2. The van der Waals surface area contributed by atoms with E-state index in [2.05, 4.69) is 10.4 Å². The number of nitrogens with one attached hydrogen (secondary N) is 1. The Balaban J connectivity index is 1.72. The van der Waals surface area contributed by atoms with Crippen molar-refractivity contribution < 1.29 is 18.0 Å². The zero-order chi connectivity index (χ0) is 25.9. The van der Waals surface area contributed by atoms with Gasteiger partial charge in [-0.05, 0) is 48.5 Å². The molecule has 1 aromatic heterocycles. The third kappa shape index (κ3) is 5.60. The first-order valence-corrected chi connectivity index (χ1v) is 11.1. The largest absolute Gasteiger partial charge is 0.417 e. The number of anilines is 1. The molecule has 0 aliphatic rings. The highest BCUT2D eigenvalue weighted by atomic mass is 35.5. The fourth-order valence-corrected chi connectivity index (χ4v) is 3.71. The molecule has 10 heteroatoms. The molecule has 1 heterocycles. The van der Waals surface area contributed by atoms with Crippen molar-refractivity contribution >= 4 is 40.9 Å². The van der Waals surface area contributed by atoms with Crippen molar-refractivity contribution in [3.05, 3.63) is 106 Å². The van der Waals surface area contributed by atoms with Crippen LogP contribution in [0.1, 0.15) is 11.1 Å². The number of carbonyl (C=O) groups is 1. The highest BCUT2D eigenvalue weighted by molar-refractivity contribution is 6.31. The van der Waals surface area contributed by atoms with Crippen LogP contribution >= 0.6 is 23.2 Å². The molecule has 0 aliphatic carbocycles. The zero-order valence-corrected chi connectivity index (χ0v) is 19.7. The molecule has 5 nitrogen and oxygen atoms in total. The molecule has 0 fully saturated rings. The first kappa shape index (κ1) is 25.0. The predicted molar refractivity (Wildman–Crippen MR) is 133 cm³/mol. The molecule has 1 amide bonds. The van der Waals surface area contributed by atoms with Crippen LogP contribution in [0.2, 0.25) is 10.0 Å². The van der Waals surface area contributed by atoms with Crippen LogP contribution in [0.3, 0.4) is 0 Å². The highest BCUT2D eigenvalue weighted by Crippen LogP contribution is 2.36. The summed E-state index contributed by atoms with van der Waals surface area (Å²) >= 11 is 11.6. The molecule has 0 aliphatic heterocycles. The third-order valence-corrected chi connectivity index (χ3v) is 5.66. The Bertz CT molecular complexity index is 1490. The van der Waals surface area contributed by atoms with Gasteiger partial charge in [-0.3, -0.25) is 4.79 Å². The standard InChI is InChI=1S/C26H15Cl2F3N4O/c27-19-8-6-16(7-9-19)24-18(15-35(34-24)21-4-2-1-3-5-21)12-17(14-32)25(36)33-20-10-11-23(28)22(13-20)26(29,30)31/h1-13,15H,(H,33,36)/b17-12+. The summed E-state index contributed by atoms with van der Waals surface area (Å²) in [7, 11) is 0. The molecule has 0 saturated carbocycles. The number of nitrogens with zero attached hydrogens (tertiary/aromatic N) is 3. The molecule has 0 bridgehead atoms. The molecule has 4 rings (SSSR count). The number of halogens is 5. The molecule has 0 saturated heterocycles. The van der Waals surface area contributed by atoms with E-state index in [1.54, 1.807) is 41.2 Å². The van der Waals surface area contributed by atoms with Crippen LogP contribution in [0.5, 0.6) is 0 Å². The fourth-order valence-electron chi connectivity index (χ4n) is 3.36. The molecule has 36 heavy (non-hydrogen) atoms. The predicted octanol–water partition coefficient (Wildman–Crippen LogP) is 7.41. The lowest BCUT2D eigenvalue weighted by Gasteiger charge is -2.11. The van der Waals surface area contributed by atoms with Crippen molar-refractivity contribution in [3.8, 4) is 23.0 Å². The first-order valence-electron chi connectivity index (χ1n) is 10.4. The highest BCUT2D eigenvalue weighted by Gasteiger charge is 2.33. The van der Waals surface area contributed by atoms with Crippen LogP contribution in [0.15, 0.2) is 84.6 Å². The number of rotatable bonds is 5. The van der Waals surface area contributed by atoms with Crippen molar-refractivity contribution in [1.82, 2.24) is 9.78 Å². The number of alkyl halides is 3. The van der Waals surface area contributed by atoms with Gasteiger partial charge in [-0.2, -0.15) is 23.5 Å². The van der Waals surface area contributed by atoms with E-state index in [-0.39, 0.29) is 11.3 Å². The number of hydrogen-bond acceptors (Lipinski definition) is 3. The van der Waals surface area contributed by atoms with Gasteiger partial charge in [-0.1, -0.05) is 53.5 Å². The maximum atomic E-state index is 13.2. The number of benzene rings is 3. The van der Waals surface area contributed by atoms with Gasteiger partial charge >= 0.3 is 6.18 Å². The summed E-state index contributed by atoms with van der Waals surface area (Å²) in [5, 5.41) is 16.6. The van der Waals surface area contributed by atoms with E-state index in [0.29, 0.717) is 27.9 Å². The minimum atomic E-state index is -4.70. The monoisotopic (exact) mass is 526 g/mol. The second-order valence-corrected chi connectivity index (χ2v) is 8.38. The summed E-state index contributed by atoms with van der Waals surface area (Å²) in [6.07, 6.45) is -1.73. The Labute approximate surface area is 214 Å². The van der Waals surface area contributed by atoms with Crippen molar-refractivity contribution in [2.24, 2.45) is 0 Å². The van der Waals surface area contributed by atoms with Crippen LogP contribution in [0, 0.1) is 11.3 Å². The molecular weight excluding hydrogens is 512 g/mol. The van der Waals surface area contributed by atoms with E-state index in [9.17, 15) is 23.2 Å². The number of hydrogen-bond donors (Lipinski definition) is 1. The summed E-state index contributed by atoms with van der Waals surface area (Å²) in [4.78, 5) is 12.8. The van der Waals surface area contributed by atoms with Gasteiger partial charge in [0.1, 0.15) is 11.6 Å². The molecule has 0 radical (unpaired) electrons.